The van der Waals surface area contributed by atoms with Crippen molar-refractivity contribution >= 4 is 23.3 Å². The van der Waals surface area contributed by atoms with Gasteiger partial charge in [0.15, 0.2) is 11.5 Å². The molecule has 0 aliphatic carbocycles. The fraction of sp³-hybridized carbons (Fsp3) is 0.182. The molecule has 2 rings (SSSR count). The number of carbonyl (C=O) groups is 1. The lowest BCUT2D eigenvalue weighted by molar-refractivity contribution is -0.137. The van der Waals surface area contributed by atoms with Crippen molar-refractivity contribution in [3.63, 3.8) is 0 Å². The Morgan fingerprint density at radius 1 is 1.48 bits per heavy atom. The molecule has 2 aromatic rings. The SMILES string of the molecule is COC(=O)c1nn(-c2ncc(C(F)(F)F)cc2Cl)cc1N. The van der Waals surface area contributed by atoms with Gasteiger partial charge in [0.1, 0.15) is 0 Å². The first-order chi connectivity index (χ1) is 9.74. The van der Waals surface area contributed by atoms with Crippen molar-refractivity contribution < 1.29 is 22.7 Å². The van der Waals surface area contributed by atoms with E-state index in [0.29, 0.717) is 12.3 Å². The van der Waals surface area contributed by atoms with Gasteiger partial charge >= 0.3 is 12.1 Å². The van der Waals surface area contributed by atoms with E-state index in [4.69, 9.17) is 17.3 Å². The Bertz CT molecular complexity index is 699. The third-order valence-electron chi connectivity index (χ3n) is 2.49. The summed E-state index contributed by atoms with van der Waals surface area (Å²) in [6.45, 7) is 0. The molecule has 0 aliphatic rings. The van der Waals surface area contributed by atoms with Gasteiger partial charge in [-0.3, -0.25) is 0 Å². The first-order valence-corrected chi connectivity index (χ1v) is 5.78. The summed E-state index contributed by atoms with van der Waals surface area (Å²) in [5.41, 5.74) is 4.37. The summed E-state index contributed by atoms with van der Waals surface area (Å²) < 4.78 is 43.0. The average Bonchev–Trinajstić information content (AvgIpc) is 2.78. The van der Waals surface area contributed by atoms with E-state index < -0.39 is 17.7 Å². The summed E-state index contributed by atoms with van der Waals surface area (Å²) in [6, 6.07) is 0.708. The monoisotopic (exact) mass is 320 g/mol. The quantitative estimate of drug-likeness (QED) is 0.858. The molecule has 0 bridgehead atoms. The fourth-order valence-corrected chi connectivity index (χ4v) is 1.76. The Hall–Kier alpha value is -2.29. The van der Waals surface area contributed by atoms with Crippen molar-refractivity contribution in [1.82, 2.24) is 14.8 Å². The van der Waals surface area contributed by atoms with E-state index in [2.05, 4.69) is 14.8 Å². The molecule has 2 aromatic heterocycles. The number of halogens is 4. The number of nitrogens with zero attached hydrogens (tertiary/aromatic N) is 3. The molecular formula is C11H8ClF3N4O2. The van der Waals surface area contributed by atoms with Crippen LogP contribution in [0.3, 0.4) is 0 Å². The number of ether oxygens (including phenoxy) is 1. The highest BCUT2D eigenvalue weighted by Crippen LogP contribution is 2.32. The average molecular weight is 321 g/mol. The van der Waals surface area contributed by atoms with Crippen LogP contribution >= 0.6 is 11.6 Å². The van der Waals surface area contributed by atoms with E-state index in [1.54, 1.807) is 0 Å². The molecule has 0 aromatic carbocycles. The third kappa shape index (κ3) is 2.92. The van der Waals surface area contributed by atoms with Crippen LogP contribution in [0.4, 0.5) is 18.9 Å². The van der Waals surface area contributed by atoms with Gasteiger partial charge < -0.3 is 10.5 Å². The maximum atomic E-state index is 12.5. The predicted octanol–water partition coefficient (Wildman–Crippen LogP) is 2.31. The topological polar surface area (TPSA) is 83.0 Å². The van der Waals surface area contributed by atoms with E-state index in [0.717, 1.165) is 11.8 Å². The Labute approximate surface area is 121 Å². The number of carbonyl (C=O) groups excluding carboxylic acids is 1. The van der Waals surface area contributed by atoms with Gasteiger partial charge in [0, 0.05) is 6.20 Å². The molecule has 112 valence electrons. The zero-order chi connectivity index (χ0) is 15.8. The van der Waals surface area contributed by atoms with Crippen molar-refractivity contribution in [1.29, 1.82) is 0 Å². The van der Waals surface area contributed by atoms with E-state index in [1.165, 1.54) is 6.20 Å². The number of pyridine rings is 1. The number of methoxy groups -OCH3 is 1. The third-order valence-corrected chi connectivity index (χ3v) is 2.77. The second-order valence-corrected chi connectivity index (χ2v) is 4.30. The molecule has 0 aliphatic heterocycles. The summed E-state index contributed by atoms with van der Waals surface area (Å²) >= 11 is 5.76. The molecule has 0 fully saturated rings. The molecule has 10 heteroatoms. The van der Waals surface area contributed by atoms with Crippen molar-refractivity contribution in [2.75, 3.05) is 12.8 Å². The predicted molar refractivity (Wildman–Crippen MR) is 67.1 cm³/mol. The molecule has 0 spiro atoms. The van der Waals surface area contributed by atoms with Crippen molar-refractivity contribution in [2.45, 2.75) is 6.18 Å². The molecule has 0 saturated carbocycles. The second kappa shape index (κ2) is 5.24. The van der Waals surface area contributed by atoms with Crippen molar-refractivity contribution in [3.05, 3.63) is 34.7 Å². The zero-order valence-corrected chi connectivity index (χ0v) is 11.2. The highest BCUT2D eigenvalue weighted by Gasteiger charge is 2.32. The lowest BCUT2D eigenvalue weighted by Gasteiger charge is -2.08. The number of aromatic nitrogens is 3. The summed E-state index contributed by atoms with van der Waals surface area (Å²) in [6.07, 6.45) is -2.75. The first-order valence-electron chi connectivity index (χ1n) is 5.40. The minimum atomic E-state index is -4.56. The molecule has 0 radical (unpaired) electrons. The van der Waals surface area contributed by atoms with E-state index >= 15 is 0 Å². The molecule has 0 atom stereocenters. The molecular weight excluding hydrogens is 313 g/mol. The van der Waals surface area contributed by atoms with Crippen LogP contribution in [0, 0.1) is 0 Å². The Balaban J connectivity index is 2.46. The van der Waals surface area contributed by atoms with E-state index in [1.807, 2.05) is 0 Å². The van der Waals surface area contributed by atoms with Gasteiger partial charge in [-0.05, 0) is 6.07 Å². The Morgan fingerprint density at radius 2 is 2.14 bits per heavy atom. The van der Waals surface area contributed by atoms with E-state index in [9.17, 15) is 18.0 Å². The number of anilines is 1. The normalized spacial score (nSPS) is 11.5. The van der Waals surface area contributed by atoms with Gasteiger partial charge in [-0.2, -0.15) is 18.3 Å². The lowest BCUT2D eigenvalue weighted by Crippen LogP contribution is -2.09. The smallest absolute Gasteiger partial charge is 0.417 e. The number of alkyl halides is 3. The Morgan fingerprint density at radius 3 is 2.67 bits per heavy atom. The number of esters is 1. The van der Waals surface area contributed by atoms with Crippen LogP contribution in [0.15, 0.2) is 18.5 Å². The van der Waals surface area contributed by atoms with Crippen LogP contribution in [0.1, 0.15) is 16.1 Å². The van der Waals surface area contributed by atoms with Gasteiger partial charge in [-0.25, -0.2) is 14.5 Å². The number of hydrogen-bond acceptors (Lipinski definition) is 5. The van der Waals surface area contributed by atoms with Gasteiger partial charge in [0.05, 0.1) is 29.6 Å². The van der Waals surface area contributed by atoms with Gasteiger partial charge in [0.25, 0.3) is 0 Å². The van der Waals surface area contributed by atoms with Crippen LogP contribution in [-0.2, 0) is 10.9 Å². The number of rotatable bonds is 2. The highest BCUT2D eigenvalue weighted by molar-refractivity contribution is 6.32. The summed E-state index contributed by atoms with van der Waals surface area (Å²) in [4.78, 5) is 15.0. The molecule has 6 nitrogen and oxygen atoms in total. The molecule has 21 heavy (non-hydrogen) atoms. The molecule has 0 saturated heterocycles. The fourth-order valence-electron chi connectivity index (χ4n) is 1.51. The summed E-state index contributed by atoms with van der Waals surface area (Å²) in [7, 11) is 1.14. The Kier molecular flexibility index (Phi) is 3.77. The second-order valence-electron chi connectivity index (χ2n) is 3.90. The number of hydrogen-bond donors (Lipinski definition) is 1. The van der Waals surface area contributed by atoms with Crippen LogP contribution in [0.5, 0.6) is 0 Å². The van der Waals surface area contributed by atoms with Gasteiger partial charge in [-0.15, -0.1) is 0 Å². The molecule has 0 unspecified atom stereocenters. The van der Waals surface area contributed by atoms with Crippen LogP contribution in [0.2, 0.25) is 5.02 Å². The van der Waals surface area contributed by atoms with Crippen LogP contribution in [-0.4, -0.2) is 27.8 Å². The summed E-state index contributed by atoms with van der Waals surface area (Å²) in [5, 5.41) is 3.50. The minimum Gasteiger partial charge on any atom is -0.464 e. The number of nitrogens with two attached hydrogens (primary N) is 1. The largest absolute Gasteiger partial charge is 0.464 e. The zero-order valence-electron chi connectivity index (χ0n) is 10.5. The molecule has 2 heterocycles. The van der Waals surface area contributed by atoms with Crippen molar-refractivity contribution in [3.8, 4) is 5.82 Å². The molecule has 0 amide bonds. The lowest BCUT2D eigenvalue weighted by atomic mass is 10.3. The minimum absolute atomic E-state index is 0.0142. The summed E-state index contributed by atoms with van der Waals surface area (Å²) in [5.74, 6) is -0.874. The van der Waals surface area contributed by atoms with Gasteiger partial charge in [-0.1, -0.05) is 11.6 Å². The molecule has 2 N–H and O–H groups in total. The maximum absolute atomic E-state index is 12.5. The van der Waals surface area contributed by atoms with E-state index in [-0.39, 0.29) is 22.2 Å². The van der Waals surface area contributed by atoms with Crippen molar-refractivity contribution in [2.24, 2.45) is 0 Å². The highest BCUT2D eigenvalue weighted by atomic mass is 35.5. The van der Waals surface area contributed by atoms with Crippen LogP contribution in [0.25, 0.3) is 5.82 Å². The maximum Gasteiger partial charge on any atom is 0.417 e. The van der Waals surface area contributed by atoms with Gasteiger partial charge in [0.2, 0.25) is 0 Å². The van der Waals surface area contributed by atoms with Crippen LogP contribution < -0.4 is 5.73 Å². The number of nitrogen functional groups attached to an aromatic ring is 1. The first kappa shape index (κ1) is 15.1. The standard InChI is InChI=1S/C11H8ClF3N4O2/c1-21-10(20)8-7(16)4-19(18-8)9-6(12)2-5(3-17-9)11(13,14)15/h2-4H,16H2,1H3.